The number of aryl methyl sites for hydroxylation is 1. The van der Waals surface area contributed by atoms with Crippen molar-refractivity contribution >= 4 is 33.9 Å². The summed E-state index contributed by atoms with van der Waals surface area (Å²) in [6, 6.07) is 10.4. The van der Waals surface area contributed by atoms with Gasteiger partial charge in [0, 0.05) is 10.0 Å². The third-order valence-corrected chi connectivity index (χ3v) is 4.51. The second kappa shape index (κ2) is 7.84. The summed E-state index contributed by atoms with van der Waals surface area (Å²) in [6.07, 6.45) is 1.44. The second-order valence-corrected chi connectivity index (χ2v) is 7.06. The Labute approximate surface area is 165 Å². The lowest BCUT2D eigenvalue weighted by molar-refractivity contribution is -0.123. The van der Waals surface area contributed by atoms with Crippen LogP contribution in [-0.4, -0.2) is 28.6 Å². The first-order valence-corrected chi connectivity index (χ1v) is 9.23. The number of ether oxygens (including phenoxy) is 1. The van der Waals surface area contributed by atoms with Crippen LogP contribution in [0.1, 0.15) is 23.6 Å². The lowest BCUT2D eigenvalue weighted by Gasteiger charge is -2.12. The molecule has 7 heteroatoms. The zero-order valence-electron chi connectivity index (χ0n) is 15.0. The number of aromatic hydroxyl groups is 1. The van der Waals surface area contributed by atoms with Crippen LogP contribution in [0.4, 0.5) is 4.79 Å². The van der Waals surface area contributed by atoms with Crippen LogP contribution in [0.25, 0.3) is 6.08 Å². The van der Waals surface area contributed by atoms with Crippen molar-refractivity contribution in [3.63, 3.8) is 0 Å². The average Bonchev–Trinajstić information content (AvgIpc) is 2.87. The highest BCUT2D eigenvalue weighted by atomic mass is 79.9. The molecule has 0 aliphatic carbocycles. The van der Waals surface area contributed by atoms with Gasteiger partial charge in [-0.05, 0) is 37.6 Å². The number of nitrogens with zero attached hydrogens (tertiary/aromatic N) is 1. The molecule has 0 bridgehead atoms. The first kappa shape index (κ1) is 19.0. The minimum absolute atomic E-state index is 0.0910. The number of phenolic OH excluding ortho intramolecular Hbond substituents is 1. The molecule has 0 unspecified atom stereocenters. The highest BCUT2D eigenvalue weighted by molar-refractivity contribution is 9.10. The molecule has 2 aromatic rings. The molecule has 6 nitrogen and oxygen atoms in total. The summed E-state index contributed by atoms with van der Waals surface area (Å²) in [4.78, 5) is 26.1. The highest BCUT2D eigenvalue weighted by Crippen LogP contribution is 2.35. The standard InChI is InChI=1S/C20H19BrN2O4/c1-3-27-17-10-15(21)8-14(18(17)24)9-16-19(25)23(20(26)22-16)11-13-6-4-5-12(2)7-13/h4-10,24H,3,11H2,1-2H3,(H,22,26)/b16-9+. The van der Waals surface area contributed by atoms with Crippen LogP contribution < -0.4 is 10.1 Å². The van der Waals surface area contributed by atoms with Gasteiger partial charge in [-0.3, -0.25) is 9.69 Å². The molecule has 0 aromatic heterocycles. The third-order valence-electron chi connectivity index (χ3n) is 4.05. The zero-order chi connectivity index (χ0) is 19.6. The molecule has 2 aromatic carbocycles. The number of rotatable bonds is 5. The van der Waals surface area contributed by atoms with E-state index in [2.05, 4.69) is 21.2 Å². The molecule has 2 N–H and O–H groups in total. The van der Waals surface area contributed by atoms with Gasteiger partial charge in [-0.1, -0.05) is 45.8 Å². The topological polar surface area (TPSA) is 78.9 Å². The van der Waals surface area contributed by atoms with Crippen molar-refractivity contribution in [2.75, 3.05) is 6.61 Å². The van der Waals surface area contributed by atoms with Crippen LogP contribution in [0.15, 0.2) is 46.6 Å². The number of urea groups is 1. The Hall–Kier alpha value is -2.80. The molecule has 1 saturated heterocycles. The maximum Gasteiger partial charge on any atom is 0.329 e. The number of hydrogen-bond donors (Lipinski definition) is 2. The Bertz CT molecular complexity index is 940. The van der Waals surface area contributed by atoms with E-state index in [1.165, 1.54) is 6.08 Å². The van der Waals surface area contributed by atoms with Crippen molar-refractivity contribution in [1.82, 2.24) is 10.2 Å². The largest absolute Gasteiger partial charge is 0.504 e. The van der Waals surface area contributed by atoms with E-state index in [1.807, 2.05) is 38.1 Å². The van der Waals surface area contributed by atoms with Crippen molar-refractivity contribution < 1.29 is 19.4 Å². The molecular weight excluding hydrogens is 412 g/mol. The highest BCUT2D eigenvalue weighted by Gasteiger charge is 2.33. The fourth-order valence-electron chi connectivity index (χ4n) is 2.83. The van der Waals surface area contributed by atoms with Gasteiger partial charge in [-0.25, -0.2) is 4.79 Å². The number of halogens is 1. The smallest absolute Gasteiger partial charge is 0.329 e. The van der Waals surface area contributed by atoms with Gasteiger partial charge in [0.05, 0.1) is 13.2 Å². The summed E-state index contributed by atoms with van der Waals surface area (Å²) in [5, 5.41) is 12.9. The molecule has 0 atom stereocenters. The number of hydrogen-bond acceptors (Lipinski definition) is 4. The predicted octanol–water partition coefficient (Wildman–Crippen LogP) is 3.95. The van der Waals surface area contributed by atoms with Gasteiger partial charge in [-0.2, -0.15) is 0 Å². The Kier molecular flexibility index (Phi) is 5.51. The van der Waals surface area contributed by atoms with Gasteiger partial charge in [0.2, 0.25) is 0 Å². The molecule has 1 aliphatic heterocycles. The fraction of sp³-hybridized carbons (Fsp3) is 0.200. The van der Waals surface area contributed by atoms with Gasteiger partial charge in [0.15, 0.2) is 11.5 Å². The maximum absolute atomic E-state index is 12.7. The maximum atomic E-state index is 12.7. The van der Waals surface area contributed by atoms with Crippen molar-refractivity contribution in [3.05, 3.63) is 63.3 Å². The Morgan fingerprint density at radius 3 is 2.74 bits per heavy atom. The van der Waals surface area contributed by atoms with Gasteiger partial charge >= 0.3 is 6.03 Å². The van der Waals surface area contributed by atoms with Crippen LogP contribution in [0.5, 0.6) is 11.5 Å². The summed E-state index contributed by atoms with van der Waals surface area (Å²) < 4.78 is 6.07. The van der Waals surface area contributed by atoms with Crippen LogP contribution in [0.2, 0.25) is 0 Å². The lowest BCUT2D eigenvalue weighted by Crippen LogP contribution is -2.30. The Balaban J connectivity index is 1.88. The van der Waals surface area contributed by atoms with Gasteiger partial charge < -0.3 is 15.2 Å². The SMILES string of the molecule is CCOc1cc(Br)cc(/C=C2/NC(=O)N(Cc3cccc(C)c3)C2=O)c1O. The number of amides is 3. The van der Waals surface area contributed by atoms with Gasteiger partial charge in [0.1, 0.15) is 5.70 Å². The monoisotopic (exact) mass is 430 g/mol. The molecule has 140 valence electrons. The number of carbonyl (C=O) groups excluding carboxylic acids is 2. The molecule has 1 aliphatic rings. The van der Waals surface area contributed by atoms with Crippen molar-refractivity contribution in [2.24, 2.45) is 0 Å². The Morgan fingerprint density at radius 2 is 2.04 bits per heavy atom. The molecule has 3 rings (SSSR count). The number of carbonyl (C=O) groups is 2. The number of nitrogens with one attached hydrogen (secondary N) is 1. The quantitative estimate of drug-likeness (QED) is 0.555. The Morgan fingerprint density at radius 1 is 1.26 bits per heavy atom. The van der Waals surface area contributed by atoms with Crippen LogP contribution >= 0.6 is 15.9 Å². The molecule has 0 spiro atoms. The molecule has 0 saturated carbocycles. The average molecular weight is 431 g/mol. The van der Waals surface area contributed by atoms with Crippen molar-refractivity contribution in [2.45, 2.75) is 20.4 Å². The van der Waals surface area contributed by atoms with Crippen LogP contribution in [-0.2, 0) is 11.3 Å². The second-order valence-electron chi connectivity index (χ2n) is 6.14. The first-order valence-electron chi connectivity index (χ1n) is 8.44. The minimum atomic E-state index is -0.493. The molecule has 0 radical (unpaired) electrons. The predicted molar refractivity (Wildman–Crippen MR) is 105 cm³/mol. The zero-order valence-corrected chi connectivity index (χ0v) is 16.5. The van der Waals surface area contributed by atoms with E-state index in [0.717, 1.165) is 16.0 Å². The molecule has 3 amide bonds. The summed E-state index contributed by atoms with van der Waals surface area (Å²) in [7, 11) is 0. The van der Waals surface area contributed by atoms with Crippen molar-refractivity contribution in [3.8, 4) is 11.5 Å². The van der Waals surface area contributed by atoms with E-state index in [-0.39, 0.29) is 18.0 Å². The van der Waals surface area contributed by atoms with E-state index < -0.39 is 11.9 Å². The fourth-order valence-corrected chi connectivity index (χ4v) is 3.29. The summed E-state index contributed by atoms with van der Waals surface area (Å²) >= 11 is 3.35. The van der Waals surface area contributed by atoms with E-state index in [1.54, 1.807) is 12.1 Å². The third kappa shape index (κ3) is 4.14. The van der Waals surface area contributed by atoms with Gasteiger partial charge in [-0.15, -0.1) is 0 Å². The lowest BCUT2D eigenvalue weighted by atomic mass is 10.1. The minimum Gasteiger partial charge on any atom is -0.504 e. The van der Waals surface area contributed by atoms with Crippen molar-refractivity contribution in [1.29, 1.82) is 0 Å². The van der Waals surface area contributed by atoms with Gasteiger partial charge in [0.25, 0.3) is 5.91 Å². The summed E-state index contributed by atoms with van der Waals surface area (Å²) in [5.41, 5.74) is 2.39. The van der Waals surface area contributed by atoms with E-state index in [0.29, 0.717) is 22.4 Å². The number of phenols is 1. The molecule has 1 fully saturated rings. The van der Waals surface area contributed by atoms with E-state index in [9.17, 15) is 14.7 Å². The normalized spacial score (nSPS) is 15.4. The van der Waals surface area contributed by atoms with Crippen LogP contribution in [0.3, 0.4) is 0 Å². The first-order chi connectivity index (χ1) is 12.9. The molecule has 1 heterocycles. The summed E-state index contributed by atoms with van der Waals surface area (Å²) in [6.45, 7) is 4.33. The summed E-state index contributed by atoms with van der Waals surface area (Å²) in [5.74, 6) is -0.238. The van der Waals surface area contributed by atoms with E-state index >= 15 is 0 Å². The molecular formula is C20H19BrN2O4. The molecule has 27 heavy (non-hydrogen) atoms. The number of benzene rings is 2. The number of imide groups is 1. The van der Waals surface area contributed by atoms with Crippen LogP contribution in [0, 0.1) is 6.92 Å². The van der Waals surface area contributed by atoms with E-state index in [4.69, 9.17) is 4.74 Å².